The lowest BCUT2D eigenvalue weighted by Gasteiger charge is -2.04. The zero-order valence-electron chi connectivity index (χ0n) is 13.8. The molecule has 27 heavy (non-hydrogen) atoms. The van der Waals surface area contributed by atoms with Crippen molar-refractivity contribution in [2.75, 3.05) is 11.9 Å². The molecule has 1 N–H and O–H groups in total. The molecule has 1 aromatic heterocycles. The highest BCUT2D eigenvalue weighted by atomic mass is 35.5. The van der Waals surface area contributed by atoms with E-state index in [4.69, 9.17) is 16.3 Å². The van der Waals surface area contributed by atoms with Crippen molar-refractivity contribution >= 4 is 39.7 Å². The lowest BCUT2D eigenvalue weighted by molar-refractivity contribution is -0.385. The number of carbonyl (C=O) groups excluding carboxylic acids is 1. The van der Waals surface area contributed by atoms with Crippen LogP contribution in [0.4, 0.5) is 10.8 Å². The van der Waals surface area contributed by atoms with E-state index < -0.39 is 10.8 Å². The number of carbonyl (C=O) groups is 1. The van der Waals surface area contributed by atoms with Crippen LogP contribution < -0.4 is 10.1 Å². The molecule has 4 rings (SSSR count). The first-order chi connectivity index (χ1) is 13.0. The van der Waals surface area contributed by atoms with Crippen LogP contribution in [-0.4, -0.2) is 22.4 Å². The summed E-state index contributed by atoms with van der Waals surface area (Å²) >= 11 is 7.12. The maximum absolute atomic E-state index is 12.5. The van der Waals surface area contributed by atoms with Gasteiger partial charge in [0.2, 0.25) is 0 Å². The number of nitro benzene ring substituents is 1. The number of rotatable bonds is 4. The van der Waals surface area contributed by atoms with E-state index in [1.165, 1.54) is 29.5 Å². The molecule has 2 heterocycles. The number of nitro groups is 1. The smallest absolute Gasteiger partial charge is 0.282 e. The molecule has 1 aliphatic heterocycles. The van der Waals surface area contributed by atoms with Gasteiger partial charge >= 0.3 is 0 Å². The third kappa shape index (κ3) is 3.49. The average Bonchev–Trinajstić information content (AvgIpc) is 3.29. The third-order valence-electron chi connectivity index (χ3n) is 4.11. The van der Waals surface area contributed by atoms with Gasteiger partial charge in [0.15, 0.2) is 5.13 Å². The van der Waals surface area contributed by atoms with Gasteiger partial charge in [0.1, 0.15) is 11.3 Å². The van der Waals surface area contributed by atoms with E-state index in [0.717, 1.165) is 23.3 Å². The first kappa shape index (κ1) is 17.4. The van der Waals surface area contributed by atoms with Crippen LogP contribution in [0.25, 0.3) is 11.3 Å². The van der Waals surface area contributed by atoms with E-state index in [-0.39, 0.29) is 16.3 Å². The molecule has 0 aliphatic carbocycles. The summed E-state index contributed by atoms with van der Waals surface area (Å²) in [5.41, 5.74) is 2.34. The zero-order chi connectivity index (χ0) is 19.0. The first-order valence-electron chi connectivity index (χ1n) is 7.98. The summed E-state index contributed by atoms with van der Waals surface area (Å²) in [7, 11) is 0. The van der Waals surface area contributed by atoms with Gasteiger partial charge in [0.25, 0.3) is 11.6 Å². The Kier molecular flexibility index (Phi) is 4.51. The van der Waals surface area contributed by atoms with Crippen molar-refractivity contribution in [1.29, 1.82) is 0 Å². The highest BCUT2D eigenvalue weighted by molar-refractivity contribution is 7.14. The number of hydrogen-bond acceptors (Lipinski definition) is 6. The van der Waals surface area contributed by atoms with E-state index in [1.54, 1.807) is 0 Å². The Hall–Kier alpha value is -2.97. The third-order valence-corrected chi connectivity index (χ3v) is 5.10. The van der Waals surface area contributed by atoms with Crippen molar-refractivity contribution in [3.63, 3.8) is 0 Å². The van der Waals surface area contributed by atoms with Crippen molar-refractivity contribution in [2.45, 2.75) is 6.42 Å². The molecule has 0 bridgehead atoms. The van der Waals surface area contributed by atoms with Crippen molar-refractivity contribution in [3.05, 3.63) is 68.0 Å². The van der Waals surface area contributed by atoms with E-state index in [2.05, 4.69) is 10.3 Å². The van der Waals surface area contributed by atoms with Crippen molar-refractivity contribution in [1.82, 2.24) is 4.98 Å². The number of aromatic nitrogens is 1. The fourth-order valence-corrected chi connectivity index (χ4v) is 3.71. The maximum Gasteiger partial charge on any atom is 0.282 e. The van der Waals surface area contributed by atoms with Crippen LogP contribution in [0.2, 0.25) is 5.02 Å². The number of anilines is 1. The van der Waals surface area contributed by atoms with Gasteiger partial charge in [-0.1, -0.05) is 11.6 Å². The summed E-state index contributed by atoms with van der Waals surface area (Å²) in [6.45, 7) is 0.676. The molecule has 0 unspecified atom stereocenters. The molecule has 0 radical (unpaired) electrons. The van der Waals surface area contributed by atoms with Crippen LogP contribution in [0.5, 0.6) is 5.75 Å². The Morgan fingerprint density at radius 3 is 2.96 bits per heavy atom. The molecule has 2 aromatic carbocycles. The Morgan fingerprint density at radius 1 is 1.30 bits per heavy atom. The van der Waals surface area contributed by atoms with Gasteiger partial charge < -0.3 is 4.74 Å². The predicted octanol–water partition coefficient (Wildman–Crippen LogP) is 4.56. The number of benzene rings is 2. The number of nitrogens with one attached hydrogen (secondary N) is 1. The van der Waals surface area contributed by atoms with E-state index >= 15 is 0 Å². The lowest BCUT2D eigenvalue weighted by Crippen LogP contribution is -2.13. The fraction of sp³-hybridized carbons (Fsp3) is 0.111. The number of nitrogens with zero attached hydrogens (tertiary/aromatic N) is 2. The maximum atomic E-state index is 12.5. The molecule has 0 fully saturated rings. The van der Waals surface area contributed by atoms with E-state index in [1.807, 2.05) is 23.6 Å². The summed E-state index contributed by atoms with van der Waals surface area (Å²) in [5, 5.41) is 16.1. The summed E-state index contributed by atoms with van der Waals surface area (Å²) in [5.74, 6) is 0.253. The van der Waals surface area contributed by atoms with Crippen LogP contribution in [0.15, 0.2) is 41.8 Å². The van der Waals surface area contributed by atoms with Crippen LogP contribution in [0.1, 0.15) is 15.9 Å². The Bertz CT molecular complexity index is 1070. The molecule has 0 atom stereocenters. The van der Waals surface area contributed by atoms with Crippen LogP contribution in [0.3, 0.4) is 0 Å². The Balaban J connectivity index is 1.57. The lowest BCUT2D eigenvalue weighted by atomic mass is 10.1. The van der Waals surface area contributed by atoms with Gasteiger partial charge in [-0.15, -0.1) is 11.3 Å². The van der Waals surface area contributed by atoms with Crippen molar-refractivity contribution in [2.24, 2.45) is 0 Å². The number of hydrogen-bond donors (Lipinski definition) is 1. The van der Waals surface area contributed by atoms with Crippen molar-refractivity contribution < 1.29 is 14.5 Å². The standard InChI is InChI=1S/C18H12ClN3O4S/c19-12-2-3-15(22(24)25)13(8-12)17(23)21-18-20-14(9-27-18)10-1-4-16-11(7-10)5-6-26-16/h1-4,7-9H,5-6H2,(H,20,21,23). The van der Waals surface area contributed by atoms with E-state index in [9.17, 15) is 14.9 Å². The van der Waals surface area contributed by atoms with Gasteiger partial charge in [-0.3, -0.25) is 20.2 Å². The van der Waals surface area contributed by atoms with Crippen molar-refractivity contribution in [3.8, 4) is 17.0 Å². The molecular formula is C18H12ClN3O4S. The molecule has 3 aromatic rings. The largest absolute Gasteiger partial charge is 0.493 e. The van der Waals surface area contributed by atoms with Crippen LogP contribution in [0, 0.1) is 10.1 Å². The van der Waals surface area contributed by atoms with Gasteiger partial charge in [-0.05, 0) is 35.9 Å². The topological polar surface area (TPSA) is 94.4 Å². The van der Waals surface area contributed by atoms with Crippen LogP contribution >= 0.6 is 22.9 Å². The average molecular weight is 402 g/mol. The SMILES string of the molecule is O=C(Nc1nc(-c2ccc3c(c2)CCO3)cs1)c1cc(Cl)ccc1[N+](=O)[O-]. The minimum absolute atomic E-state index is 0.112. The zero-order valence-corrected chi connectivity index (χ0v) is 15.3. The number of amides is 1. The molecule has 1 amide bonds. The minimum atomic E-state index is -0.632. The molecule has 1 aliphatic rings. The van der Waals surface area contributed by atoms with Crippen LogP contribution in [-0.2, 0) is 6.42 Å². The number of thiazole rings is 1. The van der Waals surface area contributed by atoms with E-state index in [0.29, 0.717) is 17.4 Å². The minimum Gasteiger partial charge on any atom is -0.493 e. The number of fused-ring (bicyclic) bond motifs is 1. The molecule has 7 nitrogen and oxygen atoms in total. The second kappa shape index (κ2) is 6.98. The highest BCUT2D eigenvalue weighted by Crippen LogP contribution is 2.32. The predicted molar refractivity (Wildman–Crippen MR) is 103 cm³/mol. The number of ether oxygens (including phenoxy) is 1. The summed E-state index contributed by atoms with van der Waals surface area (Å²) in [4.78, 5) is 27.4. The van der Waals surface area contributed by atoms with Gasteiger partial charge in [0, 0.05) is 28.5 Å². The molecule has 9 heteroatoms. The summed E-state index contributed by atoms with van der Waals surface area (Å²) in [6.07, 6.45) is 0.856. The second-order valence-electron chi connectivity index (χ2n) is 5.83. The monoisotopic (exact) mass is 401 g/mol. The summed E-state index contributed by atoms with van der Waals surface area (Å²) < 4.78 is 5.50. The quantitative estimate of drug-likeness (QED) is 0.510. The second-order valence-corrected chi connectivity index (χ2v) is 7.13. The normalized spacial score (nSPS) is 12.3. The molecular weight excluding hydrogens is 390 g/mol. The Morgan fingerprint density at radius 2 is 2.15 bits per heavy atom. The molecule has 136 valence electrons. The molecule has 0 saturated heterocycles. The van der Waals surface area contributed by atoms with Gasteiger partial charge in [-0.2, -0.15) is 0 Å². The van der Waals surface area contributed by atoms with Gasteiger partial charge in [0.05, 0.1) is 17.2 Å². The molecule has 0 spiro atoms. The summed E-state index contributed by atoms with van der Waals surface area (Å²) in [6, 6.07) is 9.68. The number of halogens is 1. The molecule has 0 saturated carbocycles. The first-order valence-corrected chi connectivity index (χ1v) is 9.24. The van der Waals surface area contributed by atoms with Gasteiger partial charge in [-0.25, -0.2) is 4.98 Å². The Labute approximate surface area is 162 Å². The highest BCUT2D eigenvalue weighted by Gasteiger charge is 2.22. The fourth-order valence-electron chi connectivity index (χ4n) is 2.82.